The highest BCUT2D eigenvalue weighted by atomic mass is 32.1. The van der Waals surface area contributed by atoms with Crippen LogP contribution in [0.2, 0.25) is 0 Å². The first-order valence-corrected chi connectivity index (χ1v) is 6.94. The largest absolute Gasteiger partial charge is 0.468 e. The Morgan fingerprint density at radius 3 is 2.87 bits per heavy atom. The number of nitrogens with two attached hydrogens (primary N) is 1. The number of allylic oxidation sites excluding steroid dienone is 1. The maximum absolute atomic E-state index is 11.3. The predicted molar refractivity (Wildman–Crippen MR) is 83.8 cm³/mol. The number of nitrogens with zero attached hydrogens (tertiary/aromatic N) is 1. The van der Waals surface area contributed by atoms with Gasteiger partial charge in [0, 0.05) is 11.5 Å². The molecule has 4 N–H and O–H groups in total. The number of methoxy groups -OCH3 is 1. The van der Waals surface area contributed by atoms with E-state index in [2.05, 4.69) is 15.4 Å². The molecule has 0 fully saturated rings. The number of nitrogens with one attached hydrogen (secondary N) is 2. The molecule has 0 heterocycles. The zero-order chi connectivity index (χ0) is 17.5. The molecule has 23 heavy (non-hydrogen) atoms. The van der Waals surface area contributed by atoms with Crippen LogP contribution >= 0.6 is 12.2 Å². The van der Waals surface area contributed by atoms with Crippen molar-refractivity contribution in [1.29, 1.82) is 0 Å². The second kappa shape index (κ2) is 8.41. The maximum Gasteiger partial charge on any atom is 0.413 e. The smallest absolute Gasteiger partial charge is 0.413 e. The summed E-state index contributed by atoms with van der Waals surface area (Å²) in [6.07, 6.45) is 3.24. The number of amides is 1. The number of thiocarbonyl (C=S) groups is 1. The van der Waals surface area contributed by atoms with E-state index in [4.69, 9.17) is 27.4 Å². The summed E-state index contributed by atoms with van der Waals surface area (Å²) < 4.78 is 14.6. The molecule has 0 aromatic heterocycles. The molecule has 1 amide bonds. The van der Waals surface area contributed by atoms with E-state index in [9.17, 15) is 14.9 Å². The van der Waals surface area contributed by atoms with Crippen LogP contribution in [0.3, 0.4) is 0 Å². The molecule has 2 atom stereocenters. The number of hydrogen-bond acceptors (Lipinski definition) is 8. The van der Waals surface area contributed by atoms with Crippen molar-refractivity contribution >= 4 is 23.4 Å². The van der Waals surface area contributed by atoms with Crippen molar-refractivity contribution in [3.05, 3.63) is 34.1 Å². The normalized spacial score (nSPS) is 22.7. The van der Waals surface area contributed by atoms with E-state index in [1.807, 2.05) is 0 Å². The van der Waals surface area contributed by atoms with Gasteiger partial charge in [-0.3, -0.25) is 21.2 Å². The van der Waals surface area contributed by atoms with Crippen molar-refractivity contribution in [2.24, 2.45) is 5.73 Å². The van der Waals surface area contributed by atoms with Gasteiger partial charge in [0.25, 0.3) is 0 Å². The van der Waals surface area contributed by atoms with Crippen molar-refractivity contribution in [2.75, 3.05) is 20.5 Å². The van der Waals surface area contributed by atoms with Crippen LogP contribution < -0.4 is 16.4 Å². The SMILES string of the molecule is CCOCOC1=CC(N)([N+](=O)[O-])C(NC(=S)NC(=O)OC)C=C1. The predicted octanol–water partition coefficient (Wildman–Crippen LogP) is -0.0185. The monoisotopic (exact) mass is 346 g/mol. The Morgan fingerprint density at radius 1 is 1.61 bits per heavy atom. The Hall–Kier alpha value is -2.24. The molecule has 0 aromatic carbocycles. The zero-order valence-corrected chi connectivity index (χ0v) is 13.4. The molecule has 1 aliphatic rings. The van der Waals surface area contributed by atoms with Crippen LogP contribution in [0.4, 0.5) is 4.79 Å². The zero-order valence-electron chi connectivity index (χ0n) is 12.6. The summed E-state index contributed by atoms with van der Waals surface area (Å²) >= 11 is 4.87. The van der Waals surface area contributed by atoms with Crippen LogP contribution in [0.5, 0.6) is 0 Å². The van der Waals surface area contributed by atoms with E-state index in [1.54, 1.807) is 6.92 Å². The quantitative estimate of drug-likeness (QED) is 0.199. The third-order valence-electron chi connectivity index (χ3n) is 2.84. The Kier molecular flexibility index (Phi) is 6.88. The molecule has 0 saturated carbocycles. The average molecular weight is 346 g/mol. The van der Waals surface area contributed by atoms with Gasteiger partial charge in [-0.05, 0) is 31.3 Å². The molecule has 10 nitrogen and oxygen atoms in total. The van der Waals surface area contributed by atoms with Crippen molar-refractivity contribution in [3.8, 4) is 0 Å². The van der Waals surface area contributed by atoms with Crippen molar-refractivity contribution in [2.45, 2.75) is 18.6 Å². The molecule has 1 rings (SSSR count). The standard InChI is InChI=1S/C12H18N4O6S/c1-3-21-7-22-8-4-5-9(12(13,6-8)16(18)19)14-10(23)15-11(17)20-2/h4-6,9H,3,7,13H2,1-2H3,(H2,14,15,17,23). The van der Waals surface area contributed by atoms with Gasteiger partial charge >= 0.3 is 11.8 Å². The van der Waals surface area contributed by atoms with Gasteiger partial charge in [-0.15, -0.1) is 0 Å². The summed E-state index contributed by atoms with van der Waals surface area (Å²) in [5.74, 6) is 0.197. The molecular formula is C12H18N4O6S. The first kappa shape index (κ1) is 18.8. The lowest BCUT2D eigenvalue weighted by molar-refractivity contribution is -0.557. The van der Waals surface area contributed by atoms with Crippen molar-refractivity contribution < 1.29 is 23.9 Å². The summed E-state index contributed by atoms with van der Waals surface area (Å²) in [5.41, 5.74) is 3.82. The van der Waals surface area contributed by atoms with E-state index in [0.29, 0.717) is 6.61 Å². The summed E-state index contributed by atoms with van der Waals surface area (Å²) in [6.45, 7) is 2.17. The van der Waals surface area contributed by atoms with E-state index in [0.717, 1.165) is 13.2 Å². The van der Waals surface area contributed by atoms with Gasteiger partial charge in [0.1, 0.15) is 11.8 Å². The number of carbonyl (C=O) groups is 1. The maximum atomic E-state index is 11.3. The van der Waals surface area contributed by atoms with Crippen molar-refractivity contribution in [3.63, 3.8) is 0 Å². The molecule has 128 valence electrons. The Labute approximate surface area is 137 Å². The van der Waals surface area contributed by atoms with Crippen LogP contribution in [-0.2, 0) is 14.2 Å². The van der Waals surface area contributed by atoms with Gasteiger partial charge in [-0.2, -0.15) is 0 Å². The Morgan fingerprint density at radius 2 is 2.30 bits per heavy atom. The summed E-state index contributed by atoms with van der Waals surface area (Å²) in [7, 11) is 1.16. The highest BCUT2D eigenvalue weighted by Crippen LogP contribution is 2.21. The number of alkyl carbamates (subject to hydrolysis) is 1. The Bertz CT molecular complexity index is 538. The minimum absolute atomic E-state index is 0.0547. The van der Waals surface area contributed by atoms with E-state index < -0.39 is 22.7 Å². The molecule has 1 aliphatic carbocycles. The summed E-state index contributed by atoms with van der Waals surface area (Å²) in [6, 6.07) is -0.999. The minimum Gasteiger partial charge on any atom is -0.468 e. The first-order chi connectivity index (χ1) is 10.8. The molecule has 0 saturated heterocycles. The molecule has 11 heteroatoms. The molecule has 0 aromatic rings. The van der Waals surface area contributed by atoms with E-state index >= 15 is 0 Å². The van der Waals surface area contributed by atoms with Crippen LogP contribution in [0.25, 0.3) is 0 Å². The van der Waals surface area contributed by atoms with Gasteiger partial charge in [-0.25, -0.2) is 4.79 Å². The molecular weight excluding hydrogens is 328 g/mol. The van der Waals surface area contributed by atoms with Gasteiger partial charge in [0.05, 0.1) is 13.2 Å². The van der Waals surface area contributed by atoms with Crippen molar-refractivity contribution in [1.82, 2.24) is 10.6 Å². The molecule has 2 unspecified atom stereocenters. The third-order valence-corrected chi connectivity index (χ3v) is 3.06. The van der Waals surface area contributed by atoms with Gasteiger partial charge < -0.3 is 19.5 Å². The topological polar surface area (TPSA) is 138 Å². The molecule has 0 spiro atoms. The third kappa shape index (κ3) is 5.16. The van der Waals surface area contributed by atoms with Crippen LogP contribution in [-0.4, -0.2) is 48.3 Å². The lowest BCUT2D eigenvalue weighted by Crippen LogP contribution is -2.63. The number of nitro groups is 1. The van der Waals surface area contributed by atoms with Crippen LogP contribution in [0.1, 0.15) is 6.92 Å². The second-order valence-electron chi connectivity index (χ2n) is 4.37. The van der Waals surface area contributed by atoms with Gasteiger partial charge in [0.2, 0.25) is 0 Å². The summed E-state index contributed by atoms with van der Waals surface area (Å²) in [4.78, 5) is 21.7. The average Bonchev–Trinajstić information content (AvgIpc) is 2.49. The minimum atomic E-state index is -2.02. The van der Waals surface area contributed by atoms with Gasteiger partial charge in [0.15, 0.2) is 11.9 Å². The van der Waals surface area contributed by atoms with E-state index in [1.165, 1.54) is 12.2 Å². The lowest BCUT2D eigenvalue weighted by Gasteiger charge is -2.29. The summed E-state index contributed by atoms with van der Waals surface area (Å²) in [5, 5.41) is 15.9. The first-order valence-electron chi connectivity index (χ1n) is 6.54. The number of hydrogen-bond donors (Lipinski definition) is 3. The Balaban J connectivity index is 2.81. The second-order valence-corrected chi connectivity index (χ2v) is 4.78. The van der Waals surface area contributed by atoms with Gasteiger partial charge in [-0.1, -0.05) is 0 Å². The number of rotatable bonds is 6. The van der Waals surface area contributed by atoms with Crippen LogP contribution in [0, 0.1) is 10.1 Å². The highest BCUT2D eigenvalue weighted by Gasteiger charge is 2.46. The molecule has 0 radical (unpaired) electrons. The fourth-order valence-electron chi connectivity index (χ4n) is 1.64. The van der Waals surface area contributed by atoms with Crippen LogP contribution in [0.15, 0.2) is 24.0 Å². The number of carbonyl (C=O) groups excluding carboxylic acids is 1. The molecule has 0 bridgehead atoms. The number of ether oxygens (including phenoxy) is 3. The fourth-order valence-corrected chi connectivity index (χ4v) is 1.86. The van der Waals surface area contributed by atoms with E-state index in [-0.39, 0.29) is 17.7 Å². The fraction of sp³-hybridized carbons (Fsp3) is 0.500. The highest BCUT2D eigenvalue weighted by molar-refractivity contribution is 7.80. The lowest BCUT2D eigenvalue weighted by atomic mass is 9.96. The molecule has 0 aliphatic heterocycles.